The van der Waals surface area contributed by atoms with Crippen LogP contribution in [0.4, 0.5) is 14.5 Å². The van der Waals surface area contributed by atoms with E-state index in [0.29, 0.717) is 17.9 Å². The quantitative estimate of drug-likeness (QED) is 0.635. The molecule has 9 heteroatoms. The topological polar surface area (TPSA) is 89.3 Å². The van der Waals surface area contributed by atoms with Crippen LogP contribution in [0.25, 0.3) is 0 Å². The summed E-state index contributed by atoms with van der Waals surface area (Å²) in [6, 6.07) is 0.827. The average molecular weight is 306 g/mol. The third-order valence-electron chi connectivity index (χ3n) is 2.42. The first-order chi connectivity index (χ1) is 9.36. The van der Waals surface area contributed by atoms with Crippen LogP contribution in [0.5, 0.6) is 0 Å². The van der Waals surface area contributed by atoms with Crippen LogP contribution < -0.4 is 5.32 Å². The summed E-state index contributed by atoms with van der Waals surface area (Å²) in [4.78, 5) is 21.4. The predicted octanol–water partition coefficient (Wildman–Crippen LogP) is 1.37. The average Bonchev–Trinajstić information content (AvgIpc) is 2.40. The molecule has 0 aliphatic rings. The first kappa shape index (κ1) is 16.2. The van der Waals surface area contributed by atoms with Crippen molar-refractivity contribution in [2.24, 2.45) is 0 Å². The van der Waals surface area contributed by atoms with Gasteiger partial charge in [-0.25, -0.2) is 8.78 Å². The lowest BCUT2D eigenvalue weighted by Gasteiger charge is -2.06. The summed E-state index contributed by atoms with van der Waals surface area (Å²) in [5, 5.41) is 13.0. The molecular weight excluding hydrogens is 294 g/mol. The highest BCUT2D eigenvalue weighted by molar-refractivity contribution is 7.84. The Balaban J connectivity index is 2.89. The highest BCUT2D eigenvalue weighted by Crippen LogP contribution is 2.22. The van der Waals surface area contributed by atoms with Gasteiger partial charge in [0.25, 0.3) is 11.6 Å². The van der Waals surface area contributed by atoms with Gasteiger partial charge in [0.05, 0.1) is 11.0 Å². The zero-order chi connectivity index (χ0) is 15.3. The monoisotopic (exact) mass is 306 g/mol. The zero-order valence-electron chi connectivity index (χ0n) is 10.5. The van der Waals surface area contributed by atoms with Crippen molar-refractivity contribution in [2.45, 2.75) is 6.92 Å². The van der Waals surface area contributed by atoms with Gasteiger partial charge in [0.1, 0.15) is 5.56 Å². The number of amides is 1. The maximum atomic E-state index is 13.1. The molecule has 20 heavy (non-hydrogen) atoms. The molecule has 1 rings (SSSR count). The van der Waals surface area contributed by atoms with Crippen LogP contribution in [-0.2, 0) is 10.8 Å². The highest BCUT2D eigenvalue weighted by Gasteiger charge is 2.23. The SMILES string of the molecule is CCS(=O)CCNC(=O)c1cc(F)c(F)cc1[N+](=O)[O-]. The standard InChI is InChI=1S/C11H12F2N2O4S/c1-2-20(19)4-3-14-11(16)7-5-8(12)9(13)6-10(7)15(17)18/h5-6H,2-4H2,1H3,(H,14,16). The number of nitrogens with one attached hydrogen (secondary N) is 1. The molecule has 0 aliphatic heterocycles. The summed E-state index contributed by atoms with van der Waals surface area (Å²) < 4.78 is 37.1. The first-order valence-corrected chi connectivity index (χ1v) is 7.12. The minimum Gasteiger partial charge on any atom is -0.351 e. The van der Waals surface area contributed by atoms with E-state index in [9.17, 15) is 27.9 Å². The lowest BCUT2D eigenvalue weighted by Crippen LogP contribution is -2.28. The van der Waals surface area contributed by atoms with Crippen molar-refractivity contribution in [3.63, 3.8) is 0 Å². The van der Waals surface area contributed by atoms with Gasteiger partial charge >= 0.3 is 0 Å². The molecule has 0 fully saturated rings. The second-order valence-electron chi connectivity index (χ2n) is 3.73. The fraction of sp³-hybridized carbons (Fsp3) is 0.364. The van der Waals surface area contributed by atoms with Crippen molar-refractivity contribution in [1.29, 1.82) is 0 Å². The van der Waals surface area contributed by atoms with Crippen molar-refractivity contribution >= 4 is 22.4 Å². The second-order valence-corrected chi connectivity index (χ2v) is 5.59. The van der Waals surface area contributed by atoms with Gasteiger partial charge in [-0.05, 0) is 6.07 Å². The Kier molecular flexibility index (Phi) is 5.68. The normalized spacial score (nSPS) is 11.9. The van der Waals surface area contributed by atoms with Crippen LogP contribution in [0, 0.1) is 21.7 Å². The van der Waals surface area contributed by atoms with Crippen LogP contribution in [-0.4, -0.2) is 33.1 Å². The summed E-state index contributed by atoms with van der Waals surface area (Å²) in [5.41, 5.74) is -1.39. The van der Waals surface area contributed by atoms with Crippen molar-refractivity contribution in [3.05, 3.63) is 39.4 Å². The molecule has 1 aromatic carbocycles. The first-order valence-electron chi connectivity index (χ1n) is 5.63. The number of nitrogens with zero attached hydrogens (tertiary/aromatic N) is 1. The van der Waals surface area contributed by atoms with E-state index in [1.165, 1.54) is 0 Å². The second kappa shape index (κ2) is 7.04. The highest BCUT2D eigenvalue weighted by atomic mass is 32.2. The van der Waals surface area contributed by atoms with E-state index in [1.807, 2.05) is 0 Å². The number of hydrogen-bond acceptors (Lipinski definition) is 4. The van der Waals surface area contributed by atoms with Crippen LogP contribution >= 0.6 is 0 Å². The Hall–Kier alpha value is -1.90. The van der Waals surface area contributed by atoms with Gasteiger partial charge in [0.2, 0.25) is 0 Å². The molecule has 0 bridgehead atoms. The smallest absolute Gasteiger partial charge is 0.285 e. The molecule has 1 unspecified atom stereocenters. The Morgan fingerprint density at radius 1 is 1.40 bits per heavy atom. The molecule has 0 aliphatic carbocycles. The van der Waals surface area contributed by atoms with E-state index in [1.54, 1.807) is 6.92 Å². The molecule has 0 spiro atoms. The molecule has 0 saturated heterocycles. The molecule has 0 heterocycles. The van der Waals surface area contributed by atoms with E-state index < -0.39 is 44.5 Å². The molecule has 1 atom stereocenters. The zero-order valence-corrected chi connectivity index (χ0v) is 11.3. The number of carbonyl (C=O) groups excluding carboxylic acids is 1. The molecule has 0 radical (unpaired) electrons. The molecule has 1 aromatic rings. The molecular formula is C11H12F2N2O4S. The summed E-state index contributed by atoms with van der Waals surface area (Å²) in [6.45, 7) is 1.73. The Morgan fingerprint density at radius 3 is 2.55 bits per heavy atom. The van der Waals surface area contributed by atoms with Crippen molar-refractivity contribution in [1.82, 2.24) is 5.32 Å². The summed E-state index contributed by atoms with van der Waals surface area (Å²) in [6.07, 6.45) is 0. The molecule has 110 valence electrons. The maximum Gasteiger partial charge on any atom is 0.285 e. The number of benzene rings is 1. The lowest BCUT2D eigenvalue weighted by atomic mass is 10.1. The number of nitro benzene ring substituents is 1. The lowest BCUT2D eigenvalue weighted by molar-refractivity contribution is -0.385. The van der Waals surface area contributed by atoms with Crippen molar-refractivity contribution in [3.8, 4) is 0 Å². The molecule has 6 nitrogen and oxygen atoms in total. The number of halogens is 2. The minimum atomic E-state index is -1.40. The van der Waals surface area contributed by atoms with E-state index in [0.717, 1.165) is 0 Å². The largest absolute Gasteiger partial charge is 0.351 e. The molecule has 1 amide bonds. The minimum absolute atomic E-state index is 0.0232. The third kappa shape index (κ3) is 4.05. The van der Waals surface area contributed by atoms with Crippen molar-refractivity contribution in [2.75, 3.05) is 18.1 Å². The fourth-order valence-corrected chi connectivity index (χ4v) is 2.01. The number of hydrogen-bond donors (Lipinski definition) is 1. The van der Waals surface area contributed by atoms with Gasteiger partial charge in [-0.2, -0.15) is 0 Å². The Bertz CT molecular complexity index is 566. The summed E-state index contributed by atoms with van der Waals surface area (Å²) >= 11 is 0. The molecule has 0 aromatic heterocycles. The van der Waals surface area contributed by atoms with Crippen LogP contribution in [0.15, 0.2) is 12.1 Å². The van der Waals surface area contributed by atoms with E-state index in [2.05, 4.69) is 5.32 Å². The number of rotatable bonds is 6. The Morgan fingerprint density at radius 2 is 2.00 bits per heavy atom. The molecule has 1 N–H and O–H groups in total. The van der Waals surface area contributed by atoms with Crippen LogP contribution in [0.1, 0.15) is 17.3 Å². The van der Waals surface area contributed by atoms with Crippen LogP contribution in [0.2, 0.25) is 0 Å². The van der Waals surface area contributed by atoms with Gasteiger partial charge in [0, 0.05) is 28.9 Å². The van der Waals surface area contributed by atoms with Gasteiger partial charge in [-0.3, -0.25) is 19.1 Å². The maximum absolute atomic E-state index is 13.1. The van der Waals surface area contributed by atoms with Gasteiger partial charge in [0.15, 0.2) is 11.6 Å². The number of nitro groups is 1. The van der Waals surface area contributed by atoms with Gasteiger partial charge < -0.3 is 5.32 Å². The fourth-order valence-electron chi connectivity index (χ4n) is 1.39. The van der Waals surface area contributed by atoms with Gasteiger partial charge in [-0.1, -0.05) is 6.92 Å². The Labute approximate surface area is 115 Å². The summed E-state index contributed by atoms with van der Waals surface area (Å²) in [7, 11) is -1.10. The van der Waals surface area contributed by atoms with E-state index in [4.69, 9.17) is 0 Å². The van der Waals surface area contributed by atoms with Crippen LogP contribution in [0.3, 0.4) is 0 Å². The summed E-state index contributed by atoms with van der Waals surface area (Å²) in [5.74, 6) is -3.07. The number of carbonyl (C=O) groups is 1. The predicted molar refractivity (Wildman–Crippen MR) is 68.9 cm³/mol. The van der Waals surface area contributed by atoms with E-state index >= 15 is 0 Å². The van der Waals surface area contributed by atoms with Crippen molar-refractivity contribution < 1.29 is 22.7 Å². The molecule has 0 saturated carbocycles. The van der Waals surface area contributed by atoms with Gasteiger partial charge in [-0.15, -0.1) is 0 Å². The third-order valence-corrected chi connectivity index (χ3v) is 3.72. The van der Waals surface area contributed by atoms with E-state index in [-0.39, 0.29) is 12.3 Å².